The predicted molar refractivity (Wildman–Crippen MR) is 75.6 cm³/mol. The Labute approximate surface area is 116 Å². The summed E-state index contributed by atoms with van der Waals surface area (Å²) in [7, 11) is -3.16. The van der Waals surface area contributed by atoms with E-state index in [0.717, 1.165) is 51.8 Å². The topological polar surface area (TPSA) is 67.4 Å². The first-order valence-corrected chi connectivity index (χ1v) is 8.96. The number of nitrogens with one attached hydrogen (secondary N) is 2. The van der Waals surface area contributed by atoms with Crippen LogP contribution in [-0.4, -0.2) is 46.0 Å². The molecule has 0 aromatic rings. The van der Waals surface area contributed by atoms with Crippen LogP contribution >= 0.6 is 0 Å². The van der Waals surface area contributed by atoms with Crippen molar-refractivity contribution in [3.8, 4) is 0 Å². The van der Waals surface area contributed by atoms with Gasteiger partial charge in [0.05, 0.1) is 11.4 Å². The van der Waals surface area contributed by atoms with E-state index in [9.17, 15) is 8.42 Å². The van der Waals surface area contributed by atoms with Crippen LogP contribution in [0.3, 0.4) is 0 Å². The molecule has 0 aliphatic carbocycles. The maximum absolute atomic E-state index is 12.0. The van der Waals surface area contributed by atoms with Crippen molar-refractivity contribution in [3.63, 3.8) is 0 Å². The molecule has 0 amide bonds. The molecule has 2 aliphatic heterocycles. The molecule has 19 heavy (non-hydrogen) atoms. The Hall–Kier alpha value is -0.170. The molecule has 0 radical (unpaired) electrons. The number of piperidine rings is 1. The zero-order chi connectivity index (χ0) is 13.8. The van der Waals surface area contributed by atoms with Crippen LogP contribution in [0.15, 0.2) is 0 Å². The SMILES string of the molecule is CC1(CNS(=O)(=O)CCC2CCNCC2)CCCO1. The van der Waals surface area contributed by atoms with Gasteiger partial charge in [0.1, 0.15) is 0 Å². The Bertz CT molecular complexity index is 371. The van der Waals surface area contributed by atoms with Crippen LogP contribution in [0, 0.1) is 5.92 Å². The lowest BCUT2D eigenvalue weighted by molar-refractivity contribution is 0.0250. The highest BCUT2D eigenvalue weighted by Gasteiger charge is 2.31. The average Bonchev–Trinajstić information content (AvgIpc) is 2.84. The molecule has 2 saturated heterocycles. The van der Waals surface area contributed by atoms with Crippen LogP contribution in [0.4, 0.5) is 0 Å². The lowest BCUT2D eigenvalue weighted by Crippen LogP contribution is -2.41. The molecule has 2 heterocycles. The van der Waals surface area contributed by atoms with Crippen LogP contribution in [0.5, 0.6) is 0 Å². The molecule has 1 atom stereocenters. The van der Waals surface area contributed by atoms with Crippen molar-refractivity contribution >= 4 is 10.0 Å². The Morgan fingerprint density at radius 3 is 2.74 bits per heavy atom. The molecule has 0 spiro atoms. The molecule has 2 fully saturated rings. The van der Waals surface area contributed by atoms with Gasteiger partial charge in [0, 0.05) is 13.2 Å². The highest BCUT2D eigenvalue weighted by Crippen LogP contribution is 2.24. The second kappa shape index (κ2) is 6.52. The largest absolute Gasteiger partial charge is 0.374 e. The van der Waals surface area contributed by atoms with E-state index in [4.69, 9.17) is 4.74 Å². The Morgan fingerprint density at radius 2 is 2.11 bits per heavy atom. The van der Waals surface area contributed by atoms with Crippen LogP contribution in [-0.2, 0) is 14.8 Å². The summed E-state index contributed by atoms with van der Waals surface area (Å²) >= 11 is 0. The van der Waals surface area contributed by atoms with E-state index in [1.807, 2.05) is 6.92 Å². The number of rotatable bonds is 6. The number of ether oxygens (including phenoxy) is 1. The van der Waals surface area contributed by atoms with Crippen LogP contribution in [0.2, 0.25) is 0 Å². The number of hydrogen-bond acceptors (Lipinski definition) is 4. The Morgan fingerprint density at radius 1 is 1.37 bits per heavy atom. The van der Waals surface area contributed by atoms with Gasteiger partial charge in [0.15, 0.2) is 0 Å². The lowest BCUT2D eigenvalue weighted by Gasteiger charge is -2.24. The third-order valence-electron chi connectivity index (χ3n) is 4.22. The Kier molecular flexibility index (Phi) is 5.22. The quantitative estimate of drug-likeness (QED) is 0.761. The van der Waals surface area contributed by atoms with Gasteiger partial charge < -0.3 is 10.1 Å². The third kappa shape index (κ3) is 5.02. The molecule has 0 aromatic heterocycles. The van der Waals surface area contributed by atoms with E-state index in [2.05, 4.69) is 10.0 Å². The predicted octanol–water partition coefficient (Wildman–Crippen LogP) is 0.865. The Balaban J connectivity index is 1.72. The van der Waals surface area contributed by atoms with Crippen molar-refractivity contribution in [3.05, 3.63) is 0 Å². The van der Waals surface area contributed by atoms with Gasteiger partial charge in [-0.3, -0.25) is 0 Å². The van der Waals surface area contributed by atoms with Crippen molar-refractivity contribution in [1.82, 2.24) is 10.0 Å². The molecule has 112 valence electrons. The summed E-state index contributed by atoms with van der Waals surface area (Å²) in [6, 6.07) is 0. The normalized spacial score (nSPS) is 29.7. The second-order valence-electron chi connectivity index (χ2n) is 6.02. The molecule has 6 heteroatoms. The molecule has 0 bridgehead atoms. The smallest absolute Gasteiger partial charge is 0.211 e. The fourth-order valence-electron chi connectivity index (χ4n) is 2.80. The van der Waals surface area contributed by atoms with Gasteiger partial charge in [0.25, 0.3) is 0 Å². The van der Waals surface area contributed by atoms with Crippen molar-refractivity contribution in [1.29, 1.82) is 0 Å². The molecule has 2 N–H and O–H groups in total. The fraction of sp³-hybridized carbons (Fsp3) is 1.00. The van der Waals surface area contributed by atoms with Crippen LogP contribution in [0.25, 0.3) is 0 Å². The van der Waals surface area contributed by atoms with E-state index in [1.54, 1.807) is 0 Å². The molecule has 2 rings (SSSR count). The summed E-state index contributed by atoms with van der Waals surface area (Å²) in [5.74, 6) is 0.796. The van der Waals surface area contributed by atoms with E-state index < -0.39 is 10.0 Å². The molecule has 0 saturated carbocycles. The van der Waals surface area contributed by atoms with Crippen molar-refractivity contribution in [2.45, 2.75) is 44.6 Å². The fourth-order valence-corrected chi connectivity index (χ4v) is 4.12. The minimum absolute atomic E-state index is 0.244. The summed E-state index contributed by atoms with van der Waals surface area (Å²) in [5.41, 5.74) is -0.304. The summed E-state index contributed by atoms with van der Waals surface area (Å²) in [6.07, 6.45) is 4.92. The van der Waals surface area contributed by atoms with Crippen molar-refractivity contribution < 1.29 is 13.2 Å². The first-order valence-electron chi connectivity index (χ1n) is 7.31. The summed E-state index contributed by atoms with van der Waals surface area (Å²) in [4.78, 5) is 0. The maximum atomic E-state index is 12.0. The minimum Gasteiger partial charge on any atom is -0.374 e. The molecule has 2 aliphatic rings. The number of hydrogen-bond donors (Lipinski definition) is 2. The van der Waals surface area contributed by atoms with Gasteiger partial charge in [-0.1, -0.05) is 0 Å². The monoisotopic (exact) mass is 290 g/mol. The van der Waals surface area contributed by atoms with Gasteiger partial charge >= 0.3 is 0 Å². The van der Waals surface area contributed by atoms with E-state index in [0.29, 0.717) is 12.5 Å². The second-order valence-corrected chi connectivity index (χ2v) is 7.95. The van der Waals surface area contributed by atoms with E-state index in [1.165, 1.54) is 0 Å². The first kappa shape index (κ1) is 15.2. The van der Waals surface area contributed by atoms with Gasteiger partial charge in [-0.15, -0.1) is 0 Å². The van der Waals surface area contributed by atoms with Crippen LogP contribution in [0.1, 0.15) is 39.0 Å². The first-order chi connectivity index (χ1) is 8.99. The van der Waals surface area contributed by atoms with E-state index >= 15 is 0 Å². The van der Waals surface area contributed by atoms with Crippen molar-refractivity contribution in [2.24, 2.45) is 5.92 Å². The van der Waals surface area contributed by atoms with Gasteiger partial charge in [-0.2, -0.15) is 0 Å². The third-order valence-corrected chi connectivity index (χ3v) is 5.58. The summed E-state index contributed by atoms with van der Waals surface area (Å²) in [6.45, 7) is 5.16. The van der Waals surface area contributed by atoms with Gasteiger partial charge in [0.2, 0.25) is 10.0 Å². The van der Waals surface area contributed by atoms with Gasteiger partial charge in [-0.25, -0.2) is 13.1 Å². The average molecular weight is 290 g/mol. The summed E-state index contributed by atoms with van der Waals surface area (Å²) in [5, 5.41) is 3.30. The standard InChI is InChI=1S/C13H26N2O3S/c1-13(6-2-9-18-13)11-15-19(16,17)10-5-12-3-7-14-8-4-12/h12,14-15H,2-11H2,1H3. The summed E-state index contributed by atoms with van der Waals surface area (Å²) < 4.78 is 32.3. The lowest BCUT2D eigenvalue weighted by atomic mass is 9.96. The van der Waals surface area contributed by atoms with E-state index in [-0.39, 0.29) is 11.4 Å². The maximum Gasteiger partial charge on any atom is 0.211 e. The van der Waals surface area contributed by atoms with Crippen molar-refractivity contribution in [2.75, 3.05) is 32.0 Å². The number of sulfonamides is 1. The zero-order valence-electron chi connectivity index (χ0n) is 11.8. The van der Waals surface area contributed by atoms with Crippen LogP contribution < -0.4 is 10.0 Å². The highest BCUT2D eigenvalue weighted by molar-refractivity contribution is 7.89. The minimum atomic E-state index is -3.16. The molecule has 0 aromatic carbocycles. The molecular formula is C13H26N2O3S. The van der Waals surface area contributed by atoms with Gasteiger partial charge in [-0.05, 0) is 58.0 Å². The highest BCUT2D eigenvalue weighted by atomic mass is 32.2. The molecular weight excluding hydrogens is 264 g/mol. The zero-order valence-corrected chi connectivity index (χ0v) is 12.6. The molecule has 5 nitrogen and oxygen atoms in total. The molecule has 1 unspecified atom stereocenters.